The van der Waals surface area contributed by atoms with E-state index in [2.05, 4.69) is 55.0 Å². The molecule has 10 unspecified atom stereocenters. The molecule has 5 rings (SSSR count). The molecule has 5 aliphatic carbocycles. The van der Waals surface area contributed by atoms with E-state index in [-0.39, 0.29) is 33.5 Å². The predicted molar refractivity (Wildman–Crippen MR) is 131 cm³/mol. The number of carbonyl (C=O) groups excluding carboxylic acids is 2. The van der Waals surface area contributed by atoms with Crippen molar-refractivity contribution in [2.75, 3.05) is 0 Å². The molecule has 5 fully saturated rings. The largest absolute Gasteiger partial charge is 0.393 e. The summed E-state index contributed by atoms with van der Waals surface area (Å²) in [6.45, 7) is 20.3. The molecule has 10 atom stereocenters. The zero-order valence-electron chi connectivity index (χ0n) is 22.1. The summed E-state index contributed by atoms with van der Waals surface area (Å²) in [6.07, 6.45) is 7.18. The quantitative estimate of drug-likeness (QED) is 0.468. The summed E-state index contributed by atoms with van der Waals surface area (Å²) < 4.78 is 0. The number of fused-ring (bicyclic) bond motifs is 7. The van der Waals surface area contributed by atoms with Crippen LogP contribution in [0.15, 0.2) is 12.2 Å². The van der Waals surface area contributed by atoms with Crippen molar-refractivity contribution in [3.8, 4) is 0 Å². The fraction of sp³-hybridized carbons (Fsp3) is 0.867. The molecule has 3 heteroatoms. The third-order valence-electron chi connectivity index (χ3n) is 12.8. The first-order valence-corrected chi connectivity index (χ1v) is 13.5. The Morgan fingerprint density at radius 1 is 0.970 bits per heavy atom. The zero-order chi connectivity index (χ0) is 24.4. The average Bonchev–Trinajstić information content (AvgIpc) is 2.96. The fourth-order valence-electron chi connectivity index (χ4n) is 11.3. The van der Waals surface area contributed by atoms with Crippen molar-refractivity contribution in [3.05, 3.63) is 12.2 Å². The number of carbonyl (C=O) groups is 2. The molecular weight excluding hydrogens is 408 g/mol. The van der Waals surface area contributed by atoms with E-state index in [0.717, 1.165) is 37.7 Å². The van der Waals surface area contributed by atoms with Gasteiger partial charge >= 0.3 is 0 Å². The minimum atomic E-state index is -0.459. The Bertz CT molecular complexity index is 918. The number of aliphatic hydroxyl groups is 1. The summed E-state index contributed by atoms with van der Waals surface area (Å²) in [5.41, 5.74) is 0.779. The standard InChI is InChI=1S/C30H46O3/c1-17(2)23-19(31)15-27(5)13-14-29(7)18(24(23)27)9-10-21-28(6)12-11-22(33)26(3,4)25(28)20(32)16-30(21,29)8/h18,20-21,23-25,32H,1,9-16H2,2-8H3. The first-order valence-electron chi connectivity index (χ1n) is 13.5. The van der Waals surface area contributed by atoms with Crippen LogP contribution in [0.3, 0.4) is 0 Å². The molecule has 33 heavy (non-hydrogen) atoms. The second kappa shape index (κ2) is 6.83. The first-order chi connectivity index (χ1) is 15.1. The predicted octanol–water partition coefficient (Wildman–Crippen LogP) is 6.38. The molecule has 5 saturated carbocycles. The van der Waals surface area contributed by atoms with Crippen molar-refractivity contribution in [2.45, 2.75) is 106 Å². The Morgan fingerprint density at radius 2 is 1.64 bits per heavy atom. The molecule has 0 radical (unpaired) electrons. The summed E-state index contributed by atoms with van der Waals surface area (Å²) in [7, 11) is 0. The lowest BCUT2D eigenvalue weighted by molar-refractivity contribution is -0.258. The van der Waals surface area contributed by atoms with Crippen LogP contribution in [0.5, 0.6) is 0 Å². The van der Waals surface area contributed by atoms with Crippen LogP contribution in [0.25, 0.3) is 0 Å². The lowest BCUT2D eigenvalue weighted by Gasteiger charge is -2.73. The third-order valence-corrected chi connectivity index (χ3v) is 12.8. The number of hydrogen-bond acceptors (Lipinski definition) is 3. The van der Waals surface area contributed by atoms with Gasteiger partial charge in [0.05, 0.1) is 6.10 Å². The second-order valence-electron chi connectivity index (χ2n) is 14.6. The summed E-state index contributed by atoms with van der Waals surface area (Å²) in [5, 5.41) is 11.7. The zero-order valence-corrected chi connectivity index (χ0v) is 22.1. The molecule has 0 amide bonds. The van der Waals surface area contributed by atoms with Crippen LogP contribution in [-0.4, -0.2) is 22.8 Å². The van der Waals surface area contributed by atoms with Gasteiger partial charge in [0.25, 0.3) is 0 Å². The maximum absolute atomic E-state index is 13.2. The fourth-order valence-corrected chi connectivity index (χ4v) is 11.3. The summed E-state index contributed by atoms with van der Waals surface area (Å²) >= 11 is 0. The van der Waals surface area contributed by atoms with Gasteiger partial charge in [-0.1, -0.05) is 53.7 Å². The molecular formula is C30H46O3. The Morgan fingerprint density at radius 3 is 2.27 bits per heavy atom. The van der Waals surface area contributed by atoms with E-state index in [1.807, 2.05) is 0 Å². The summed E-state index contributed by atoms with van der Waals surface area (Å²) in [5.74, 6) is 2.17. The van der Waals surface area contributed by atoms with Crippen LogP contribution < -0.4 is 0 Å². The topological polar surface area (TPSA) is 54.4 Å². The lowest BCUT2D eigenvalue weighted by Crippen LogP contribution is -2.69. The lowest BCUT2D eigenvalue weighted by atomic mass is 9.32. The second-order valence-corrected chi connectivity index (χ2v) is 14.6. The molecule has 0 saturated heterocycles. The van der Waals surface area contributed by atoms with Gasteiger partial charge < -0.3 is 5.11 Å². The minimum absolute atomic E-state index is 0.00265. The van der Waals surface area contributed by atoms with Gasteiger partial charge in [0.15, 0.2) is 0 Å². The van der Waals surface area contributed by atoms with Gasteiger partial charge in [-0.2, -0.15) is 0 Å². The smallest absolute Gasteiger partial charge is 0.140 e. The van der Waals surface area contributed by atoms with Gasteiger partial charge in [0.2, 0.25) is 0 Å². The highest BCUT2D eigenvalue weighted by atomic mass is 16.3. The Kier molecular flexibility index (Phi) is 4.92. The summed E-state index contributed by atoms with van der Waals surface area (Å²) in [4.78, 5) is 26.1. The first kappa shape index (κ1) is 23.8. The van der Waals surface area contributed by atoms with Crippen LogP contribution in [-0.2, 0) is 9.59 Å². The van der Waals surface area contributed by atoms with Crippen LogP contribution in [0.4, 0.5) is 0 Å². The Hall–Kier alpha value is -0.960. The molecule has 0 heterocycles. The van der Waals surface area contributed by atoms with E-state index in [1.165, 1.54) is 6.42 Å². The van der Waals surface area contributed by atoms with Gasteiger partial charge in [0, 0.05) is 30.1 Å². The van der Waals surface area contributed by atoms with E-state index in [1.54, 1.807) is 0 Å². The van der Waals surface area contributed by atoms with E-state index in [0.29, 0.717) is 42.2 Å². The van der Waals surface area contributed by atoms with E-state index in [9.17, 15) is 14.7 Å². The van der Waals surface area contributed by atoms with Crippen molar-refractivity contribution in [2.24, 2.45) is 56.7 Å². The van der Waals surface area contributed by atoms with E-state index in [4.69, 9.17) is 0 Å². The maximum Gasteiger partial charge on any atom is 0.140 e. The number of allylic oxidation sites excluding steroid dienone is 1. The molecule has 5 aliphatic rings. The number of rotatable bonds is 1. The van der Waals surface area contributed by atoms with Gasteiger partial charge in [-0.3, -0.25) is 9.59 Å². The highest BCUT2D eigenvalue weighted by Crippen LogP contribution is 2.77. The molecule has 184 valence electrons. The molecule has 0 aromatic heterocycles. The molecule has 0 bridgehead atoms. The number of ketones is 2. The highest BCUT2D eigenvalue weighted by Gasteiger charge is 2.72. The Labute approximate surface area is 201 Å². The van der Waals surface area contributed by atoms with Gasteiger partial charge in [-0.25, -0.2) is 0 Å². The van der Waals surface area contributed by atoms with E-state index >= 15 is 0 Å². The maximum atomic E-state index is 13.2. The van der Waals surface area contributed by atoms with Gasteiger partial charge in [0.1, 0.15) is 11.6 Å². The molecule has 0 aromatic rings. The highest BCUT2D eigenvalue weighted by molar-refractivity contribution is 5.87. The van der Waals surface area contributed by atoms with Crippen molar-refractivity contribution in [1.82, 2.24) is 0 Å². The minimum Gasteiger partial charge on any atom is -0.393 e. The molecule has 0 aliphatic heterocycles. The van der Waals surface area contributed by atoms with Crippen molar-refractivity contribution in [1.29, 1.82) is 0 Å². The normalized spacial score (nSPS) is 55.3. The third kappa shape index (κ3) is 2.72. The SMILES string of the molecule is C=C(C)C1C(=O)CC2(C)CCC3(C)C(CCC4C5(C)CCC(=O)C(C)(C)C5C(O)CC43C)C12. The van der Waals surface area contributed by atoms with Crippen molar-refractivity contribution in [3.63, 3.8) is 0 Å². The molecule has 0 aromatic carbocycles. The van der Waals surface area contributed by atoms with Crippen LogP contribution in [0, 0.1) is 56.7 Å². The van der Waals surface area contributed by atoms with Gasteiger partial charge in [-0.15, -0.1) is 0 Å². The van der Waals surface area contributed by atoms with Gasteiger partial charge in [-0.05, 0) is 84.9 Å². The number of hydrogen-bond donors (Lipinski definition) is 1. The Balaban J connectivity index is 1.60. The number of aliphatic hydroxyl groups excluding tert-OH is 1. The molecule has 0 spiro atoms. The average molecular weight is 455 g/mol. The van der Waals surface area contributed by atoms with Crippen LogP contribution >= 0.6 is 0 Å². The summed E-state index contributed by atoms with van der Waals surface area (Å²) in [6, 6.07) is 0. The monoisotopic (exact) mass is 454 g/mol. The van der Waals surface area contributed by atoms with Crippen LogP contribution in [0.2, 0.25) is 0 Å². The van der Waals surface area contributed by atoms with Crippen LogP contribution in [0.1, 0.15) is 99.8 Å². The van der Waals surface area contributed by atoms with E-state index < -0.39 is 11.5 Å². The number of Topliss-reactive ketones (excluding diaryl/α,β-unsaturated/α-hetero) is 2. The van der Waals surface area contributed by atoms with Crippen molar-refractivity contribution < 1.29 is 14.7 Å². The van der Waals surface area contributed by atoms with Crippen molar-refractivity contribution >= 4 is 11.6 Å². The molecule has 3 nitrogen and oxygen atoms in total. The molecule has 1 N–H and O–H groups in total.